The fraction of sp³-hybridized carbons (Fsp3) is 0.606. The molecule has 1 saturated carbocycles. The van der Waals surface area contributed by atoms with Crippen LogP contribution in [0.15, 0.2) is 29.6 Å². The average Bonchev–Trinajstić information content (AvgIpc) is 3.78. The summed E-state index contributed by atoms with van der Waals surface area (Å²) in [7, 11) is 1.73. The third kappa shape index (κ3) is 10.7. The molecule has 1 aromatic heterocycles. The number of nitrogens with zero attached hydrogens (tertiary/aromatic N) is 2. The number of carbonyl (C=O) groups is 4. The molecule has 3 atom stereocenters. The number of carboxylic acid groups (broad SMARTS) is 1. The van der Waals surface area contributed by atoms with Crippen molar-refractivity contribution in [3.05, 3.63) is 45.9 Å². The molecule has 13 nitrogen and oxygen atoms in total. The number of likely N-dealkylation sites (tertiary alicyclic amines) is 1. The van der Waals surface area contributed by atoms with Crippen LogP contribution < -0.4 is 20.7 Å². The van der Waals surface area contributed by atoms with E-state index in [-0.39, 0.29) is 49.3 Å². The van der Waals surface area contributed by atoms with Crippen LogP contribution in [0.3, 0.4) is 0 Å². The van der Waals surface area contributed by atoms with Crippen LogP contribution in [0, 0.1) is 5.92 Å². The molecule has 2 fully saturated rings. The highest BCUT2D eigenvalue weighted by molar-refractivity contribution is 7.10. The first-order chi connectivity index (χ1) is 22.8. The highest BCUT2D eigenvalue weighted by Crippen LogP contribution is 2.36. The molecule has 0 spiro atoms. The molecular weight excluding hydrogens is 626 g/mol. The number of ketones is 1. The van der Waals surface area contributed by atoms with E-state index in [2.05, 4.69) is 16.0 Å². The monoisotopic (exact) mass is 673 g/mol. The number of hydrogen-bond donors (Lipinski definition) is 4. The smallest absolute Gasteiger partial charge is 0.404 e. The lowest BCUT2D eigenvalue weighted by Crippen LogP contribution is -2.55. The van der Waals surface area contributed by atoms with Crippen molar-refractivity contribution >= 4 is 35.0 Å². The van der Waals surface area contributed by atoms with Crippen LogP contribution in [-0.4, -0.2) is 104 Å². The second-order valence-electron chi connectivity index (χ2n) is 11.8. The zero-order valence-electron chi connectivity index (χ0n) is 27.2. The summed E-state index contributed by atoms with van der Waals surface area (Å²) < 4.78 is 16.5. The standard InChI is InChI=1S/C33H47N5O8S/c1-22(34-2)30(40)37-28(23-8-4-3-5-9-23)32(41)38-14-7-12-27(38)31-36-26(21-47-31)29(39)24-10-6-11-25(20-24)46-19-18-45-17-16-44-15-13-35-33(42)43/h6,10-11,20-23,27-28,34-35H,3-5,7-9,12-19H2,1-2H3,(H,37,40)(H,42,43). The number of nitrogens with one attached hydrogen (secondary N) is 3. The molecule has 2 aromatic rings. The molecule has 0 bridgehead atoms. The number of benzene rings is 1. The fourth-order valence-electron chi connectivity index (χ4n) is 5.91. The van der Waals surface area contributed by atoms with Crippen molar-refractivity contribution in [1.29, 1.82) is 0 Å². The highest BCUT2D eigenvalue weighted by Gasteiger charge is 2.40. The van der Waals surface area contributed by atoms with E-state index in [4.69, 9.17) is 24.3 Å². The molecule has 1 aromatic carbocycles. The van der Waals surface area contributed by atoms with E-state index in [1.807, 2.05) is 4.90 Å². The van der Waals surface area contributed by atoms with Gasteiger partial charge in [-0.3, -0.25) is 14.4 Å². The Morgan fingerprint density at radius 1 is 1.02 bits per heavy atom. The molecule has 0 radical (unpaired) electrons. The predicted molar refractivity (Wildman–Crippen MR) is 176 cm³/mol. The van der Waals surface area contributed by atoms with Crippen LogP contribution >= 0.6 is 11.3 Å². The Morgan fingerprint density at radius 3 is 2.51 bits per heavy atom. The number of rotatable bonds is 18. The number of amides is 3. The summed E-state index contributed by atoms with van der Waals surface area (Å²) in [6.07, 6.45) is 5.59. The van der Waals surface area contributed by atoms with E-state index in [9.17, 15) is 19.2 Å². The Kier molecular flexibility index (Phi) is 14.4. The second kappa shape index (κ2) is 18.7. The molecule has 1 aliphatic heterocycles. The molecule has 4 N–H and O–H groups in total. The quantitative estimate of drug-likeness (QED) is 0.136. The third-order valence-corrected chi connectivity index (χ3v) is 9.52. The Labute approximate surface area is 279 Å². The minimum atomic E-state index is -1.09. The Hall–Kier alpha value is -3.59. The number of likely N-dealkylation sites (N-methyl/N-ethyl adjacent to an activating group) is 1. The molecule has 4 rings (SSSR count). The van der Waals surface area contributed by atoms with Crippen molar-refractivity contribution in [2.75, 3.05) is 53.2 Å². The van der Waals surface area contributed by atoms with Crippen LogP contribution in [0.25, 0.3) is 0 Å². The van der Waals surface area contributed by atoms with E-state index < -0.39 is 18.2 Å². The summed E-state index contributed by atoms with van der Waals surface area (Å²) in [4.78, 5) is 57.3. The molecule has 2 aliphatic rings. The lowest BCUT2D eigenvalue weighted by Gasteiger charge is -2.35. The van der Waals surface area contributed by atoms with Crippen molar-refractivity contribution in [3.63, 3.8) is 0 Å². The second-order valence-corrected chi connectivity index (χ2v) is 12.7. The Morgan fingerprint density at radius 2 is 1.77 bits per heavy atom. The zero-order valence-corrected chi connectivity index (χ0v) is 28.0. The Bertz CT molecular complexity index is 1330. The van der Waals surface area contributed by atoms with Gasteiger partial charge in [0.25, 0.3) is 0 Å². The minimum absolute atomic E-state index is 0.0616. The number of carbonyl (C=O) groups excluding carboxylic acids is 3. The predicted octanol–water partition coefficient (Wildman–Crippen LogP) is 3.39. The van der Waals surface area contributed by atoms with Crippen molar-refractivity contribution < 1.29 is 38.5 Å². The first-order valence-corrected chi connectivity index (χ1v) is 17.3. The first-order valence-electron chi connectivity index (χ1n) is 16.4. The summed E-state index contributed by atoms with van der Waals surface area (Å²) in [6, 6.07) is 5.70. The molecule has 1 aliphatic carbocycles. The summed E-state index contributed by atoms with van der Waals surface area (Å²) in [5.74, 6) is 0.166. The lowest BCUT2D eigenvalue weighted by molar-refractivity contribution is -0.139. The fourth-order valence-corrected chi connectivity index (χ4v) is 6.86. The lowest BCUT2D eigenvalue weighted by atomic mass is 9.83. The van der Waals surface area contributed by atoms with E-state index in [0.717, 1.165) is 50.0 Å². The van der Waals surface area contributed by atoms with Gasteiger partial charge in [-0.15, -0.1) is 11.3 Å². The van der Waals surface area contributed by atoms with Gasteiger partial charge in [0.1, 0.15) is 29.1 Å². The van der Waals surface area contributed by atoms with Crippen LogP contribution in [0.4, 0.5) is 4.79 Å². The van der Waals surface area contributed by atoms with E-state index in [0.29, 0.717) is 43.4 Å². The minimum Gasteiger partial charge on any atom is -0.491 e. The van der Waals surface area contributed by atoms with Crippen LogP contribution in [-0.2, 0) is 19.1 Å². The third-order valence-electron chi connectivity index (χ3n) is 8.57. The molecular formula is C33H47N5O8S. The maximum Gasteiger partial charge on any atom is 0.404 e. The van der Waals surface area contributed by atoms with Gasteiger partial charge in [-0.1, -0.05) is 31.4 Å². The van der Waals surface area contributed by atoms with Gasteiger partial charge in [-0.05, 0) is 57.7 Å². The molecule has 1 saturated heterocycles. The van der Waals surface area contributed by atoms with Gasteiger partial charge in [0, 0.05) is 24.0 Å². The van der Waals surface area contributed by atoms with Crippen LogP contribution in [0.1, 0.15) is 79.0 Å². The molecule has 3 amide bonds. The molecule has 47 heavy (non-hydrogen) atoms. The van der Waals surface area contributed by atoms with Crippen molar-refractivity contribution in [2.45, 2.75) is 70.0 Å². The summed E-state index contributed by atoms with van der Waals surface area (Å²) in [5.41, 5.74) is 0.769. The van der Waals surface area contributed by atoms with Gasteiger partial charge in [0.05, 0.1) is 38.5 Å². The van der Waals surface area contributed by atoms with Gasteiger partial charge in [0.15, 0.2) is 0 Å². The molecule has 14 heteroatoms. The zero-order chi connectivity index (χ0) is 33.6. The maximum atomic E-state index is 14.0. The van der Waals surface area contributed by atoms with Gasteiger partial charge >= 0.3 is 6.09 Å². The van der Waals surface area contributed by atoms with E-state index in [1.54, 1.807) is 43.6 Å². The number of ether oxygens (including phenoxy) is 3. The Balaban J connectivity index is 1.31. The number of aromatic nitrogens is 1. The highest BCUT2D eigenvalue weighted by atomic mass is 32.1. The normalized spacial score (nSPS) is 18.0. The average molecular weight is 674 g/mol. The van der Waals surface area contributed by atoms with Crippen molar-refractivity contribution in [1.82, 2.24) is 25.8 Å². The molecule has 258 valence electrons. The molecule has 2 heterocycles. The summed E-state index contributed by atoms with van der Waals surface area (Å²) in [5, 5.41) is 19.2. The van der Waals surface area contributed by atoms with Gasteiger partial charge in [-0.25, -0.2) is 9.78 Å². The van der Waals surface area contributed by atoms with Crippen molar-refractivity contribution in [2.24, 2.45) is 5.92 Å². The largest absolute Gasteiger partial charge is 0.491 e. The topological polar surface area (TPSA) is 168 Å². The first kappa shape index (κ1) is 36.2. The van der Waals surface area contributed by atoms with E-state index >= 15 is 0 Å². The van der Waals surface area contributed by atoms with Crippen LogP contribution in [0.2, 0.25) is 0 Å². The number of thiazole rings is 1. The maximum absolute atomic E-state index is 14.0. The van der Waals surface area contributed by atoms with E-state index in [1.165, 1.54) is 11.3 Å². The van der Waals surface area contributed by atoms with Gasteiger partial charge < -0.3 is 40.2 Å². The van der Waals surface area contributed by atoms with Gasteiger partial charge in [0.2, 0.25) is 17.6 Å². The van der Waals surface area contributed by atoms with Crippen molar-refractivity contribution in [3.8, 4) is 5.75 Å². The number of hydrogen-bond acceptors (Lipinski definition) is 10. The van der Waals surface area contributed by atoms with Gasteiger partial charge in [-0.2, -0.15) is 0 Å². The summed E-state index contributed by atoms with van der Waals surface area (Å²) >= 11 is 1.38. The van der Waals surface area contributed by atoms with Crippen LogP contribution in [0.5, 0.6) is 5.75 Å². The SMILES string of the molecule is CNC(C)C(=O)NC(C(=O)N1CCCC1c1nc(C(=O)c2cccc(OCCOCCOCCNC(=O)O)c2)cs1)C1CCCCC1. The molecule has 3 unspecified atom stereocenters. The summed E-state index contributed by atoms with van der Waals surface area (Å²) in [6.45, 7) is 4.13.